The predicted octanol–water partition coefficient (Wildman–Crippen LogP) is 5.24. The number of hydrogen-bond donors (Lipinski definition) is 0. The number of hydrogen-bond acceptors (Lipinski definition) is 6. The second-order valence-corrected chi connectivity index (χ2v) is 6.80. The van der Waals surface area contributed by atoms with Crippen molar-refractivity contribution in [2.24, 2.45) is 0 Å². The highest BCUT2D eigenvalue weighted by molar-refractivity contribution is 9.10. The molecule has 136 valence electrons. The topological polar surface area (TPSA) is 82.8 Å². The molecule has 4 rings (SSSR count). The van der Waals surface area contributed by atoms with E-state index in [1.807, 2.05) is 19.9 Å². The molecule has 0 aliphatic heterocycles. The van der Waals surface area contributed by atoms with Crippen molar-refractivity contribution >= 4 is 32.9 Å². The van der Waals surface area contributed by atoms with E-state index >= 15 is 0 Å². The van der Waals surface area contributed by atoms with E-state index in [1.165, 1.54) is 12.3 Å². The Morgan fingerprint density at radius 1 is 1.11 bits per heavy atom. The van der Waals surface area contributed by atoms with Crippen molar-refractivity contribution in [3.63, 3.8) is 0 Å². The molecule has 0 aliphatic carbocycles. The molecule has 0 spiro atoms. The average molecular weight is 429 g/mol. The summed E-state index contributed by atoms with van der Waals surface area (Å²) in [5.41, 5.74) is 1.64. The number of aryl methyl sites for hydroxylation is 2. The molecule has 0 saturated carbocycles. The fourth-order valence-electron chi connectivity index (χ4n) is 2.86. The number of rotatable bonds is 3. The third kappa shape index (κ3) is 3.10. The van der Waals surface area contributed by atoms with Crippen molar-refractivity contribution in [1.29, 1.82) is 0 Å². The summed E-state index contributed by atoms with van der Waals surface area (Å²) in [6, 6.07) is 9.87. The van der Waals surface area contributed by atoms with Crippen LogP contribution in [0.15, 0.2) is 65.4 Å². The van der Waals surface area contributed by atoms with Crippen LogP contribution in [0.25, 0.3) is 22.5 Å². The largest absolute Gasteiger partial charge is 0.461 e. The Labute approximate surface area is 161 Å². The van der Waals surface area contributed by atoms with Crippen molar-refractivity contribution in [1.82, 2.24) is 0 Å². The minimum Gasteiger partial charge on any atom is -0.461 e. The first-order chi connectivity index (χ1) is 12.9. The molecule has 0 atom stereocenters. The Hall–Kier alpha value is -3.06. The van der Waals surface area contributed by atoms with Crippen LogP contribution >= 0.6 is 15.9 Å². The van der Waals surface area contributed by atoms with Crippen molar-refractivity contribution in [3.05, 3.63) is 74.4 Å². The number of furan rings is 2. The highest BCUT2D eigenvalue weighted by atomic mass is 79.9. The average Bonchev–Trinajstić information content (AvgIpc) is 3.29. The van der Waals surface area contributed by atoms with Gasteiger partial charge >= 0.3 is 5.97 Å². The second kappa shape index (κ2) is 6.59. The van der Waals surface area contributed by atoms with Gasteiger partial charge in [-0.15, -0.1) is 0 Å². The van der Waals surface area contributed by atoms with Gasteiger partial charge in [0.05, 0.1) is 11.6 Å². The number of esters is 1. The zero-order valence-corrected chi connectivity index (χ0v) is 16.0. The highest BCUT2D eigenvalue weighted by Gasteiger charge is 2.24. The molecule has 3 heterocycles. The first-order valence-corrected chi connectivity index (χ1v) is 8.83. The fourth-order valence-corrected chi connectivity index (χ4v) is 3.17. The normalized spacial score (nSPS) is 11.1. The summed E-state index contributed by atoms with van der Waals surface area (Å²) in [6.07, 6.45) is 1.44. The van der Waals surface area contributed by atoms with Crippen LogP contribution < -0.4 is 10.2 Å². The Balaban J connectivity index is 1.94. The SMILES string of the molecule is Cc1cc(C)c2oc(-c3ccco3)c(OC(=O)c3ccc(Br)o3)c(=O)c2c1. The van der Waals surface area contributed by atoms with E-state index in [0.29, 0.717) is 15.6 Å². The number of fused-ring (bicyclic) bond motifs is 1. The Morgan fingerprint density at radius 3 is 2.59 bits per heavy atom. The first-order valence-electron chi connectivity index (χ1n) is 8.03. The third-order valence-electron chi connectivity index (χ3n) is 3.99. The molecule has 0 bridgehead atoms. The zero-order valence-electron chi connectivity index (χ0n) is 14.4. The van der Waals surface area contributed by atoms with Gasteiger partial charge in [-0.2, -0.15) is 0 Å². The summed E-state index contributed by atoms with van der Waals surface area (Å²) in [6.45, 7) is 3.72. The molecule has 3 aromatic heterocycles. The van der Waals surface area contributed by atoms with Gasteiger partial charge in [0.1, 0.15) is 5.58 Å². The number of benzene rings is 1. The highest BCUT2D eigenvalue weighted by Crippen LogP contribution is 2.33. The lowest BCUT2D eigenvalue weighted by Crippen LogP contribution is -2.16. The van der Waals surface area contributed by atoms with Gasteiger partial charge in [0.2, 0.25) is 22.7 Å². The van der Waals surface area contributed by atoms with Gasteiger partial charge in [-0.05, 0) is 71.2 Å². The van der Waals surface area contributed by atoms with Crippen LogP contribution in [0.5, 0.6) is 5.75 Å². The van der Waals surface area contributed by atoms with Crippen LogP contribution in [0.3, 0.4) is 0 Å². The van der Waals surface area contributed by atoms with E-state index in [2.05, 4.69) is 15.9 Å². The molecule has 0 N–H and O–H groups in total. The van der Waals surface area contributed by atoms with Gasteiger partial charge < -0.3 is 18.0 Å². The van der Waals surface area contributed by atoms with Crippen LogP contribution in [0, 0.1) is 13.8 Å². The number of carbonyl (C=O) groups excluding carboxylic acids is 1. The van der Waals surface area contributed by atoms with Crippen molar-refractivity contribution in [3.8, 4) is 17.3 Å². The molecule has 1 aromatic carbocycles. The third-order valence-corrected chi connectivity index (χ3v) is 4.42. The summed E-state index contributed by atoms with van der Waals surface area (Å²) < 4.78 is 22.2. The fraction of sp³-hybridized carbons (Fsp3) is 0.100. The van der Waals surface area contributed by atoms with Crippen LogP contribution in [0.1, 0.15) is 21.7 Å². The van der Waals surface area contributed by atoms with Gasteiger partial charge in [0, 0.05) is 0 Å². The minimum atomic E-state index is -0.815. The van der Waals surface area contributed by atoms with Gasteiger partial charge in [-0.3, -0.25) is 4.79 Å². The molecule has 27 heavy (non-hydrogen) atoms. The molecule has 6 nitrogen and oxygen atoms in total. The molecule has 7 heteroatoms. The Kier molecular flexibility index (Phi) is 4.24. The van der Waals surface area contributed by atoms with Crippen molar-refractivity contribution in [2.45, 2.75) is 13.8 Å². The Bertz CT molecular complexity index is 1210. The summed E-state index contributed by atoms with van der Waals surface area (Å²) in [5, 5.41) is 0.325. The molecule has 0 saturated heterocycles. The van der Waals surface area contributed by atoms with Gasteiger partial charge in [0.15, 0.2) is 10.4 Å². The lowest BCUT2D eigenvalue weighted by molar-refractivity contribution is 0.0696. The zero-order chi connectivity index (χ0) is 19.1. The predicted molar refractivity (Wildman–Crippen MR) is 101 cm³/mol. The minimum absolute atomic E-state index is 0.0448. The Morgan fingerprint density at radius 2 is 1.93 bits per heavy atom. The molecular weight excluding hydrogens is 416 g/mol. The summed E-state index contributed by atoms with van der Waals surface area (Å²) in [7, 11) is 0. The second-order valence-electron chi connectivity index (χ2n) is 6.02. The molecule has 0 radical (unpaired) electrons. The number of halogens is 1. The maximum Gasteiger partial charge on any atom is 0.379 e. The summed E-state index contributed by atoms with van der Waals surface area (Å²) >= 11 is 3.13. The number of ether oxygens (including phenoxy) is 1. The van der Waals surface area contributed by atoms with E-state index in [0.717, 1.165) is 11.1 Å². The van der Waals surface area contributed by atoms with Gasteiger partial charge in [-0.1, -0.05) is 6.07 Å². The monoisotopic (exact) mass is 428 g/mol. The standard InChI is InChI=1S/C20H13BrO6/c1-10-8-11(2)17-12(9-10)16(22)19(18(26-17)13-4-3-7-24-13)27-20(23)14-5-6-15(21)25-14/h3-9H,1-2H3. The van der Waals surface area contributed by atoms with Crippen molar-refractivity contribution in [2.75, 3.05) is 0 Å². The number of carbonyl (C=O) groups is 1. The van der Waals surface area contributed by atoms with Gasteiger partial charge in [0.25, 0.3) is 0 Å². The molecule has 4 aromatic rings. The lowest BCUT2D eigenvalue weighted by Gasteiger charge is -2.10. The van der Waals surface area contributed by atoms with Gasteiger partial charge in [-0.25, -0.2) is 4.79 Å². The maximum absolute atomic E-state index is 13.1. The quantitative estimate of drug-likeness (QED) is 0.414. The lowest BCUT2D eigenvalue weighted by atomic mass is 10.1. The smallest absolute Gasteiger partial charge is 0.379 e. The summed E-state index contributed by atoms with van der Waals surface area (Å²) in [5.74, 6) is -0.794. The molecular formula is C20H13BrO6. The molecule has 0 fully saturated rings. The molecule has 0 unspecified atom stereocenters. The van der Waals surface area contributed by atoms with E-state index in [9.17, 15) is 9.59 Å². The van der Waals surface area contributed by atoms with Crippen molar-refractivity contribution < 1.29 is 22.8 Å². The van der Waals surface area contributed by atoms with Crippen LogP contribution in [0.2, 0.25) is 0 Å². The van der Waals surface area contributed by atoms with Crippen LogP contribution in [-0.2, 0) is 0 Å². The first kappa shape index (κ1) is 17.4. The van der Waals surface area contributed by atoms with Crippen LogP contribution in [-0.4, -0.2) is 5.97 Å². The van der Waals surface area contributed by atoms with E-state index in [4.69, 9.17) is 18.0 Å². The van der Waals surface area contributed by atoms with Crippen LogP contribution in [0.4, 0.5) is 0 Å². The maximum atomic E-state index is 13.1. The molecule has 0 amide bonds. The van der Waals surface area contributed by atoms with E-state index in [1.54, 1.807) is 24.3 Å². The summed E-state index contributed by atoms with van der Waals surface area (Å²) in [4.78, 5) is 25.5. The van der Waals surface area contributed by atoms with E-state index < -0.39 is 11.4 Å². The molecule has 0 aliphatic rings. The van der Waals surface area contributed by atoms with E-state index in [-0.39, 0.29) is 23.0 Å².